The van der Waals surface area contributed by atoms with Crippen molar-refractivity contribution in [1.29, 1.82) is 0 Å². The van der Waals surface area contributed by atoms with Crippen molar-refractivity contribution in [3.8, 4) is 5.75 Å². The van der Waals surface area contributed by atoms with Crippen LogP contribution in [-0.2, 0) is 13.0 Å². The predicted molar refractivity (Wildman–Crippen MR) is 72.4 cm³/mol. The Morgan fingerprint density at radius 1 is 1.44 bits per heavy atom. The van der Waals surface area contributed by atoms with Gasteiger partial charge in [-0.15, -0.1) is 11.3 Å². The zero-order chi connectivity index (χ0) is 13.0. The zero-order valence-electron chi connectivity index (χ0n) is 10.5. The maximum atomic E-state index is 10.9. The van der Waals surface area contributed by atoms with E-state index in [9.17, 15) is 4.79 Å². The molecule has 0 aliphatic carbocycles. The van der Waals surface area contributed by atoms with Gasteiger partial charge in [-0.25, -0.2) is 4.98 Å². The van der Waals surface area contributed by atoms with E-state index in [2.05, 4.69) is 11.9 Å². The Kier molecular flexibility index (Phi) is 4.10. The highest BCUT2D eigenvalue weighted by atomic mass is 32.1. The van der Waals surface area contributed by atoms with Crippen molar-refractivity contribution < 1.29 is 9.53 Å². The Labute approximate surface area is 110 Å². The van der Waals surface area contributed by atoms with Crippen molar-refractivity contribution in [1.82, 2.24) is 4.98 Å². The lowest BCUT2D eigenvalue weighted by atomic mass is 10.1. The van der Waals surface area contributed by atoms with E-state index in [0.717, 1.165) is 29.0 Å². The van der Waals surface area contributed by atoms with Gasteiger partial charge in [-0.2, -0.15) is 0 Å². The third-order valence-corrected chi connectivity index (χ3v) is 3.61. The molecule has 0 amide bonds. The number of benzene rings is 1. The summed E-state index contributed by atoms with van der Waals surface area (Å²) < 4.78 is 5.64. The Bertz CT molecular complexity index is 548. The summed E-state index contributed by atoms with van der Waals surface area (Å²) >= 11 is 1.64. The van der Waals surface area contributed by atoms with Crippen molar-refractivity contribution in [3.05, 3.63) is 45.4 Å². The predicted octanol–water partition coefficient (Wildman–Crippen LogP) is 3.41. The summed E-state index contributed by atoms with van der Waals surface area (Å²) in [5.41, 5.74) is 2.54. The first kappa shape index (κ1) is 12.8. The van der Waals surface area contributed by atoms with Gasteiger partial charge in [0.2, 0.25) is 0 Å². The largest absolute Gasteiger partial charge is 0.487 e. The lowest BCUT2D eigenvalue weighted by Gasteiger charge is -2.07. The van der Waals surface area contributed by atoms with Gasteiger partial charge < -0.3 is 4.74 Å². The number of hydrogen-bond acceptors (Lipinski definition) is 4. The SMILES string of the molecule is CCc1nc(COc2ccc(C)cc2C=O)cs1. The van der Waals surface area contributed by atoms with Gasteiger partial charge in [0.1, 0.15) is 12.4 Å². The molecule has 0 fully saturated rings. The summed E-state index contributed by atoms with van der Waals surface area (Å²) in [4.78, 5) is 15.4. The Hall–Kier alpha value is -1.68. The lowest BCUT2D eigenvalue weighted by Crippen LogP contribution is -1.99. The average molecular weight is 261 g/mol. The number of aldehydes is 1. The highest BCUT2D eigenvalue weighted by Gasteiger charge is 2.05. The van der Waals surface area contributed by atoms with Gasteiger partial charge in [0.15, 0.2) is 6.29 Å². The van der Waals surface area contributed by atoms with E-state index in [1.54, 1.807) is 11.3 Å². The fraction of sp³-hybridized carbons (Fsp3) is 0.286. The van der Waals surface area contributed by atoms with E-state index in [0.29, 0.717) is 17.9 Å². The van der Waals surface area contributed by atoms with E-state index < -0.39 is 0 Å². The molecule has 0 atom stereocenters. The molecule has 3 nitrogen and oxygen atoms in total. The normalized spacial score (nSPS) is 10.3. The average Bonchev–Trinajstić information content (AvgIpc) is 2.85. The van der Waals surface area contributed by atoms with Gasteiger partial charge >= 0.3 is 0 Å². The molecular formula is C14H15NO2S. The Balaban J connectivity index is 2.07. The van der Waals surface area contributed by atoms with E-state index in [1.807, 2.05) is 30.5 Å². The molecule has 18 heavy (non-hydrogen) atoms. The molecule has 1 heterocycles. The molecule has 4 heteroatoms. The Morgan fingerprint density at radius 2 is 2.28 bits per heavy atom. The molecule has 0 radical (unpaired) electrons. The molecule has 0 saturated heterocycles. The number of carbonyl (C=O) groups is 1. The molecule has 0 unspecified atom stereocenters. The van der Waals surface area contributed by atoms with Crippen molar-refractivity contribution in [2.45, 2.75) is 26.9 Å². The number of rotatable bonds is 5. The van der Waals surface area contributed by atoms with E-state index >= 15 is 0 Å². The summed E-state index contributed by atoms with van der Waals surface area (Å²) in [5, 5.41) is 3.10. The smallest absolute Gasteiger partial charge is 0.153 e. The lowest BCUT2D eigenvalue weighted by molar-refractivity contribution is 0.111. The summed E-state index contributed by atoms with van der Waals surface area (Å²) in [5.74, 6) is 0.613. The minimum absolute atomic E-state index is 0.403. The first-order valence-corrected chi connectivity index (χ1v) is 6.72. The molecule has 0 saturated carbocycles. The maximum absolute atomic E-state index is 10.9. The fourth-order valence-corrected chi connectivity index (χ4v) is 2.35. The second kappa shape index (κ2) is 5.78. The summed E-state index contributed by atoms with van der Waals surface area (Å²) in [6, 6.07) is 5.58. The molecule has 0 N–H and O–H groups in total. The van der Waals surface area contributed by atoms with Crippen LogP contribution in [0.5, 0.6) is 5.75 Å². The molecule has 0 bridgehead atoms. The number of thiazole rings is 1. The maximum Gasteiger partial charge on any atom is 0.153 e. The quantitative estimate of drug-likeness (QED) is 0.774. The number of aromatic nitrogens is 1. The second-order valence-electron chi connectivity index (χ2n) is 4.03. The number of aryl methyl sites for hydroxylation is 2. The molecule has 0 aliphatic rings. The van der Waals surface area contributed by atoms with Crippen LogP contribution >= 0.6 is 11.3 Å². The monoisotopic (exact) mass is 261 g/mol. The van der Waals surface area contributed by atoms with Crippen molar-refractivity contribution in [2.24, 2.45) is 0 Å². The first-order chi connectivity index (χ1) is 8.72. The van der Waals surface area contributed by atoms with E-state index in [1.165, 1.54) is 0 Å². The standard InChI is InChI=1S/C14H15NO2S/c1-3-14-15-12(9-18-14)8-17-13-5-4-10(2)6-11(13)7-16/h4-7,9H,3,8H2,1-2H3. The molecule has 1 aromatic carbocycles. The zero-order valence-corrected chi connectivity index (χ0v) is 11.3. The third kappa shape index (κ3) is 2.96. The van der Waals surface area contributed by atoms with Crippen LogP contribution < -0.4 is 4.74 Å². The van der Waals surface area contributed by atoms with Crippen LogP contribution in [0.1, 0.15) is 33.5 Å². The van der Waals surface area contributed by atoms with Gasteiger partial charge in [0.25, 0.3) is 0 Å². The highest BCUT2D eigenvalue weighted by molar-refractivity contribution is 7.09. The summed E-state index contributed by atoms with van der Waals surface area (Å²) in [6.45, 7) is 4.43. The van der Waals surface area contributed by atoms with Crippen molar-refractivity contribution >= 4 is 17.6 Å². The van der Waals surface area contributed by atoms with Gasteiger partial charge in [0, 0.05) is 5.38 Å². The number of nitrogens with zero attached hydrogens (tertiary/aromatic N) is 1. The minimum atomic E-state index is 0.403. The number of ether oxygens (including phenoxy) is 1. The van der Waals surface area contributed by atoms with Gasteiger partial charge in [-0.05, 0) is 25.5 Å². The highest BCUT2D eigenvalue weighted by Crippen LogP contribution is 2.20. The Morgan fingerprint density at radius 3 is 2.94 bits per heavy atom. The third-order valence-electron chi connectivity index (χ3n) is 2.57. The van der Waals surface area contributed by atoms with Crippen LogP contribution in [-0.4, -0.2) is 11.3 Å². The van der Waals surface area contributed by atoms with Crippen molar-refractivity contribution in [2.75, 3.05) is 0 Å². The van der Waals surface area contributed by atoms with Crippen LogP contribution in [0.3, 0.4) is 0 Å². The number of hydrogen-bond donors (Lipinski definition) is 0. The summed E-state index contributed by atoms with van der Waals surface area (Å²) in [7, 11) is 0. The van der Waals surface area contributed by atoms with E-state index in [-0.39, 0.29) is 0 Å². The topological polar surface area (TPSA) is 39.2 Å². The van der Waals surface area contributed by atoms with Crippen molar-refractivity contribution in [3.63, 3.8) is 0 Å². The van der Waals surface area contributed by atoms with Crippen LogP contribution in [0, 0.1) is 6.92 Å². The molecule has 2 rings (SSSR count). The van der Waals surface area contributed by atoms with Gasteiger partial charge in [0.05, 0.1) is 16.3 Å². The van der Waals surface area contributed by atoms with Crippen LogP contribution in [0.2, 0.25) is 0 Å². The summed E-state index contributed by atoms with van der Waals surface area (Å²) in [6.07, 6.45) is 1.76. The molecule has 2 aromatic rings. The molecule has 0 aliphatic heterocycles. The molecule has 94 valence electrons. The second-order valence-corrected chi connectivity index (χ2v) is 4.98. The molecule has 0 spiro atoms. The first-order valence-electron chi connectivity index (χ1n) is 5.85. The van der Waals surface area contributed by atoms with Crippen LogP contribution in [0.25, 0.3) is 0 Å². The molecular weight excluding hydrogens is 246 g/mol. The van der Waals surface area contributed by atoms with E-state index in [4.69, 9.17) is 4.74 Å². The fourth-order valence-electron chi connectivity index (χ4n) is 1.62. The van der Waals surface area contributed by atoms with Gasteiger partial charge in [-0.3, -0.25) is 4.79 Å². The van der Waals surface area contributed by atoms with Gasteiger partial charge in [-0.1, -0.05) is 18.6 Å². The number of carbonyl (C=O) groups excluding carboxylic acids is 1. The van der Waals surface area contributed by atoms with Crippen LogP contribution in [0.15, 0.2) is 23.6 Å². The minimum Gasteiger partial charge on any atom is -0.487 e. The molecule has 1 aromatic heterocycles. The van der Waals surface area contributed by atoms with Crippen LogP contribution in [0.4, 0.5) is 0 Å².